The number of hydrazone groups is 1. The number of H-pyrrole nitrogens is 1. The minimum atomic E-state index is -0.323. The Morgan fingerprint density at radius 3 is 2.28 bits per heavy atom. The fourth-order valence-electron chi connectivity index (χ4n) is 2.58. The van der Waals surface area contributed by atoms with Gasteiger partial charge in [-0.05, 0) is 38.1 Å². The maximum atomic E-state index is 12.7. The minimum Gasteiger partial charge on any atom is -0.295 e. The topological polar surface area (TPSA) is 79.2 Å². The summed E-state index contributed by atoms with van der Waals surface area (Å²) in [5, 5.41) is 7.12. The summed E-state index contributed by atoms with van der Waals surface area (Å²) in [5.41, 5.74) is 5.09. The summed E-state index contributed by atoms with van der Waals surface area (Å²) in [6.07, 6.45) is 0. The zero-order valence-electron chi connectivity index (χ0n) is 14.0. The molecule has 0 radical (unpaired) electrons. The van der Waals surface area contributed by atoms with Gasteiger partial charge in [-0.1, -0.05) is 36.4 Å². The summed E-state index contributed by atoms with van der Waals surface area (Å²) in [6.45, 7) is 3.49. The summed E-state index contributed by atoms with van der Waals surface area (Å²) in [5.74, 6) is -0.323. The van der Waals surface area contributed by atoms with Gasteiger partial charge in [0.15, 0.2) is 0 Å². The van der Waals surface area contributed by atoms with E-state index >= 15 is 0 Å². The van der Waals surface area contributed by atoms with E-state index in [9.17, 15) is 9.59 Å². The van der Waals surface area contributed by atoms with Crippen LogP contribution in [0.3, 0.4) is 0 Å². The van der Waals surface area contributed by atoms with Gasteiger partial charge in [0.05, 0.1) is 17.0 Å². The van der Waals surface area contributed by atoms with Crippen molar-refractivity contribution in [1.29, 1.82) is 0 Å². The predicted molar refractivity (Wildman–Crippen MR) is 97.2 cm³/mol. The molecule has 0 spiro atoms. The van der Waals surface area contributed by atoms with E-state index in [-0.39, 0.29) is 11.5 Å². The Kier molecular flexibility index (Phi) is 4.61. The molecule has 2 aromatic carbocycles. The number of carbonyl (C=O) groups excluding carboxylic acids is 1. The van der Waals surface area contributed by atoms with Crippen LogP contribution in [0.5, 0.6) is 0 Å². The molecule has 0 unspecified atom stereocenters. The van der Waals surface area contributed by atoms with Crippen LogP contribution in [-0.4, -0.2) is 21.4 Å². The standard InChI is InChI=1S/C19H18N4O2/c1-13(20-21-18(24)15-9-5-3-6-10-15)17-14(2)22-23(19(17)25)16-11-7-4-8-12-16/h3-12,22H,1-2H3,(H,21,24). The van der Waals surface area contributed by atoms with Gasteiger partial charge >= 0.3 is 0 Å². The Hall–Kier alpha value is -3.41. The van der Waals surface area contributed by atoms with Crippen LogP contribution in [0, 0.1) is 6.92 Å². The van der Waals surface area contributed by atoms with E-state index in [2.05, 4.69) is 15.6 Å². The summed E-state index contributed by atoms with van der Waals surface area (Å²) in [6, 6.07) is 18.1. The van der Waals surface area contributed by atoms with Crippen LogP contribution in [0.4, 0.5) is 0 Å². The van der Waals surface area contributed by atoms with Gasteiger partial charge in [0.1, 0.15) is 0 Å². The largest absolute Gasteiger partial charge is 0.295 e. The first-order chi connectivity index (χ1) is 12.1. The third kappa shape index (κ3) is 3.42. The summed E-state index contributed by atoms with van der Waals surface area (Å²) < 4.78 is 1.46. The molecule has 0 aliphatic heterocycles. The third-order valence-corrected chi connectivity index (χ3v) is 3.81. The fourth-order valence-corrected chi connectivity index (χ4v) is 2.58. The molecule has 0 saturated carbocycles. The molecule has 0 bridgehead atoms. The van der Waals surface area contributed by atoms with Crippen LogP contribution < -0.4 is 11.0 Å². The first kappa shape index (κ1) is 16.4. The van der Waals surface area contributed by atoms with Gasteiger partial charge in [-0.2, -0.15) is 5.10 Å². The smallest absolute Gasteiger partial charge is 0.280 e. The molecule has 25 heavy (non-hydrogen) atoms. The van der Waals surface area contributed by atoms with Crippen molar-refractivity contribution in [3.8, 4) is 5.69 Å². The molecular weight excluding hydrogens is 316 g/mol. The Labute approximate surface area is 144 Å². The van der Waals surface area contributed by atoms with Gasteiger partial charge in [-0.15, -0.1) is 0 Å². The maximum absolute atomic E-state index is 12.7. The number of aromatic nitrogens is 2. The number of benzene rings is 2. The predicted octanol–water partition coefficient (Wildman–Crippen LogP) is 2.63. The van der Waals surface area contributed by atoms with Gasteiger partial charge < -0.3 is 0 Å². The number of carbonyl (C=O) groups is 1. The Morgan fingerprint density at radius 1 is 1.04 bits per heavy atom. The van der Waals surface area contributed by atoms with Crippen molar-refractivity contribution in [2.45, 2.75) is 13.8 Å². The number of aromatic amines is 1. The average molecular weight is 334 g/mol. The molecule has 1 heterocycles. The Morgan fingerprint density at radius 2 is 1.64 bits per heavy atom. The molecule has 0 atom stereocenters. The molecule has 0 aliphatic rings. The molecule has 1 aromatic heterocycles. The lowest BCUT2D eigenvalue weighted by molar-refractivity contribution is 0.0955. The molecule has 2 N–H and O–H groups in total. The van der Waals surface area contributed by atoms with Crippen molar-refractivity contribution in [3.63, 3.8) is 0 Å². The third-order valence-electron chi connectivity index (χ3n) is 3.81. The van der Waals surface area contributed by atoms with E-state index < -0.39 is 0 Å². The van der Waals surface area contributed by atoms with E-state index in [1.54, 1.807) is 38.1 Å². The number of rotatable bonds is 4. The molecule has 0 saturated heterocycles. The van der Waals surface area contributed by atoms with Crippen molar-refractivity contribution >= 4 is 11.6 Å². The van der Waals surface area contributed by atoms with Crippen molar-refractivity contribution in [1.82, 2.24) is 15.2 Å². The van der Waals surface area contributed by atoms with Gasteiger partial charge in [0, 0.05) is 11.3 Å². The number of amides is 1. The quantitative estimate of drug-likeness (QED) is 0.568. The number of nitrogens with zero attached hydrogens (tertiary/aromatic N) is 2. The molecule has 0 aliphatic carbocycles. The fraction of sp³-hybridized carbons (Fsp3) is 0.105. The van der Waals surface area contributed by atoms with Crippen molar-refractivity contribution in [2.24, 2.45) is 5.10 Å². The Balaban J connectivity index is 1.88. The van der Waals surface area contributed by atoms with Gasteiger partial charge in [0.2, 0.25) is 0 Å². The lowest BCUT2D eigenvalue weighted by Gasteiger charge is -2.01. The highest BCUT2D eigenvalue weighted by Gasteiger charge is 2.15. The second kappa shape index (κ2) is 7.00. The van der Waals surface area contributed by atoms with Gasteiger partial charge in [-0.25, -0.2) is 10.1 Å². The SMILES string of the molecule is CC(=NNC(=O)c1ccccc1)c1c(C)[nH]n(-c2ccccc2)c1=O. The molecule has 126 valence electrons. The van der Waals surface area contributed by atoms with Crippen LogP contribution in [0.25, 0.3) is 5.69 Å². The second-order valence-electron chi connectivity index (χ2n) is 5.59. The van der Waals surface area contributed by atoms with Crippen molar-refractivity contribution in [2.75, 3.05) is 0 Å². The molecule has 6 heteroatoms. The van der Waals surface area contributed by atoms with Crippen LogP contribution in [0.2, 0.25) is 0 Å². The molecular formula is C19H18N4O2. The summed E-state index contributed by atoms with van der Waals surface area (Å²) >= 11 is 0. The molecule has 0 fully saturated rings. The normalized spacial score (nSPS) is 11.4. The van der Waals surface area contributed by atoms with Crippen LogP contribution in [-0.2, 0) is 0 Å². The summed E-state index contributed by atoms with van der Waals surface area (Å²) in [7, 11) is 0. The molecule has 3 rings (SSSR count). The van der Waals surface area contributed by atoms with E-state index in [1.165, 1.54) is 4.68 Å². The summed E-state index contributed by atoms with van der Waals surface area (Å²) in [4.78, 5) is 24.8. The van der Waals surface area contributed by atoms with Gasteiger partial charge in [-0.3, -0.25) is 14.7 Å². The number of hydrogen-bond donors (Lipinski definition) is 2. The highest BCUT2D eigenvalue weighted by Crippen LogP contribution is 2.08. The zero-order chi connectivity index (χ0) is 17.8. The zero-order valence-corrected chi connectivity index (χ0v) is 14.0. The van der Waals surface area contributed by atoms with Crippen LogP contribution >= 0.6 is 0 Å². The van der Waals surface area contributed by atoms with E-state index in [0.717, 1.165) is 5.69 Å². The van der Waals surface area contributed by atoms with Crippen LogP contribution in [0.15, 0.2) is 70.6 Å². The molecule has 6 nitrogen and oxygen atoms in total. The first-order valence-electron chi connectivity index (χ1n) is 7.85. The number of hydrogen-bond acceptors (Lipinski definition) is 3. The van der Waals surface area contributed by atoms with Crippen molar-refractivity contribution < 1.29 is 4.79 Å². The minimum absolute atomic E-state index is 0.209. The number of aryl methyl sites for hydroxylation is 1. The van der Waals surface area contributed by atoms with E-state index in [4.69, 9.17) is 0 Å². The lowest BCUT2D eigenvalue weighted by atomic mass is 10.2. The maximum Gasteiger partial charge on any atom is 0.280 e. The highest BCUT2D eigenvalue weighted by atomic mass is 16.2. The average Bonchev–Trinajstić information content (AvgIpc) is 2.95. The number of para-hydroxylation sites is 1. The number of nitrogens with one attached hydrogen (secondary N) is 2. The van der Waals surface area contributed by atoms with Gasteiger partial charge in [0.25, 0.3) is 11.5 Å². The first-order valence-corrected chi connectivity index (χ1v) is 7.85. The Bertz CT molecular complexity index is 970. The van der Waals surface area contributed by atoms with Crippen LogP contribution in [0.1, 0.15) is 28.5 Å². The van der Waals surface area contributed by atoms with E-state index in [0.29, 0.717) is 22.5 Å². The second-order valence-corrected chi connectivity index (χ2v) is 5.59. The monoisotopic (exact) mass is 334 g/mol. The lowest BCUT2D eigenvalue weighted by Crippen LogP contribution is -2.23. The van der Waals surface area contributed by atoms with E-state index in [1.807, 2.05) is 36.4 Å². The molecule has 3 aromatic rings. The highest BCUT2D eigenvalue weighted by molar-refractivity contribution is 6.01. The van der Waals surface area contributed by atoms with Crippen molar-refractivity contribution in [3.05, 3.63) is 87.8 Å². The molecule has 1 amide bonds.